The van der Waals surface area contributed by atoms with Crippen LogP contribution < -0.4 is 5.56 Å². The minimum atomic E-state index is -0.132. The number of nitrogens with one attached hydrogen (secondary N) is 2. The van der Waals surface area contributed by atoms with E-state index in [4.69, 9.17) is 4.98 Å². The number of hydrogen-bond acceptors (Lipinski definition) is 2. The normalized spacial score (nSPS) is 11.3. The Kier molecular flexibility index (Phi) is 4.62. The Bertz CT molecular complexity index is 1650. The fraction of sp³-hybridized carbons (Fsp3) is 0.0345. The van der Waals surface area contributed by atoms with Crippen LogP contribution in [-0.2, 0) is 6.42 Å². The highest BCUT2D eigenvalue weighted by Gasteiger charge is 2.18. The van der Waals surface area contributed by atoms with E-state index < -0.39 is 0 Å². The number of hydrogen-bond donors (Lipinski definition) is 2. The van der Waals surface area contributed by atoms with E-state index in [1.807, 2.05) is 42.5 Å². The van der Waals surface area contributed by atoms with Gasteiger partial charge in [0, 0.05) is 28.6 Å². The molecule has 0 amide bonds. The van der Waals surface area contributed by atoms with Crippen molar-refractivity contribution in [3.8, 4) is 22.5 Å². The van der Waals surface area contributed by atoms with E-state index in [-0.39, 0.29) is 5.56 Å². The third kappa shape index (κ3) is 3.42. The van der Waals surface area contributed by atoms with Crippen molar-refractivity contribution in [1.29, 1.82) is 0 Å². The van der Waals surface area contributed by atoms with Crippen LogP contribution in [0, 0.1) is 0 Å². The van der Waals surface area contributed by atoms with Crippen molar-refractivity contribution < 1.29 is 0 Å². The Morgan fingerprint density at radius 3 is 2.18 bits per heavy atom. The van der Waals surface area contributed by atoms with Gasteiger partial charge in [0.2, 0.25) is 0 Å². The lowest BCUT2D eigenvalue weighted by molar-refractivity contribution is 1.12. The van der Waals surface area contributed by atoms with Gasteiger partial charge in [0.25, 0.3) is 5.56 Å². The number of para-hydroxylation sites is 2. The predicted molar refractivity (Wildman–Crippen MR) is 134 cm³/mol. The Hall–Kier alpha value is -4.44. The SMILES string of the molecule is O=c1[nH]c(-c2cccc3c(-c4ccccc4)c(Cc4ccccc4)[nH]c23)nc2ccccc12. The summed E-state index contributed by atoms with van der Waals surface area (Å²) in [6.45, 7) is 0. The van der Waals surface area contributed by atoms with Crippen LogP contribution in [0.2, 0.25) is 0 Å². The summed E-state index contributed by atoms with van der Waals surface area (Å²) in [5, 5.41) is 1.70. The standard InChI is InChI=1S/C29H21N3O/c33-29-21-14-7-8-17-24(21)31-28(32-29)23-16-9-15-22-26(20-12-5-2-6-13-20)25(30-27(22)23)18-19-10-3-1-4-11-19/h1-17,30H,18H2,(H,31,32,33). The van der Waals surface area contributed by atoms with E-state index in [2.05, 4.69) is 64.6 Å². The van der Waals surface area contributed by atoms with Gasteiger partial charge in [-0.25, -0.2) is 4.98 Å². The maximum Gasteiger partial charge on any atom is 0.259 e. The number of aromatic amines is 2. The van der Waals surface area contributed by atoms with Crippen LogP contribution in [0.15, 0.2) is 108 Å². The second kappa shape index (κ2) is 7.92. The lowest BCUT2D eigenvalue weighted by Crippen LogP contribution is -2.09. The second-order valence-electron chi connectivity index (χ2n) is 8.17. The van der Waals surface area contributed by atoms with Crippen molar-refractivity contribution >= 4 is 21.8 Å². The second-order valence-corrected chi connectivity index (χ2v) is 8.17. The van der Waals surface area contributed by atoms with Gasteiger partial charge in [-0.2, -0.15) is 0 Å². The number of H-pyrrole nitrogens is 2. The van der Waals surface area contributed by atoms with E-state index in [9.17, 15) is 4.79 Å². The highest BCUT2D eigenvalue weighted by Crippen LogP contribution is 2.37. The topological polar surface area (TPSA) is 61.5 Å². The van der Waals surface area contributed by atoms with Gasteiger partial charge in [-0.05, 0) is 29.3 Å². The lowest BCUT2D eigenvalue weighted by Gasteiger charge is -2.06. The van der Waals surface area contributed by atoms with Gasteiger partial charge in [0.15, 0.2) is 0 Å². The van der Waals surface area contributed by atoms with E-state index in [1.54, 1.807) is 6.07 Å². The summed E-state index contributed by atoms with van der Waals surface area (Å²) in [6.07, 6.45) is 0.779. The zero-order valence-electron chi connectivity index (χ0n) is 17.9. The maximum atomic E-state index is 12.7. The monoisotopic (exact) mass is 427 g/mol. The fourth-order valence-corrected chi connectivity index (χ4v) is 4.55. The van der Waals surface area contributed by atoms with Gasteiger partial charge >= 0.3 is 0 Å². The van der Waals surface area contributed by atoms with Crippen LogP contribution >= 0.6 is 0 Å². The molecule has 2 aromatic heterocycles. The lowest BCUT2D eigenvalue weighted by atomic mass is 9.98. The number of nitrogens with zero attached hydrogens (tertiary/aromatic N) is 1. The summed E-state index contributed by atoms with van der Waals surface area (Å²) in [5.41, 5.74) is 7.12. The molecule has 0 unspecified atom stereocenters. The van der Waals surface area contributed by atoms with Gasteiger partial charge in [-0.3, -0.25) is 4.79 Å². The van der Waals surface area contributed by atoms with E-state index in [0.29, 0.717) is 16.7 Å². The molecule has 2 heterocycles. The first-order chi connectivity index (χ1) is 16.3. The molecular formula is C29H21N3O. The third-order valence-corrected chi connectivity index (χ3v) is 6.07. The van der Waals surface area contributed by atoms with Crippen molar-refractivity contribution in [2.45, 2.75) is 6.42 Å². The Balaban J connectivity index is 1.61. The minimum absolute atomic E-state index is 0.132. The highest BCUT2D eigenvalue weighted by molar-refractivity contribution is 6.04. The number of fused-ring (bicyclic) bond motifs is 2. The summed E-state index contributed by atoms with van der Waals surface area (Å²) in [7, 11) is 0. The molecule has 33 heavy (non-hydrogen) atoms. The summed E-state index contributed by atoms with van der Waals surface area (Å²) in [4.78, 5) is 24.2. The van der Waals surface area contributed by atoms with Crippen molar-refractivity contribution in [2.24, 2.45) is 0 Å². The largest absolute Gasteiger partial charge is 0.357 e. The van der Waals surface area contributed by atoms with Crippen molar-refractivity contribution in [3.05, 3.63) is 125 Å². The van der Waals surface area contributed by atoms with Crippen molar-refractivity contribution in [1.82, 2.24) is 15.0 Å². The predicted octanol–water partition coefficient (Wildman–Crippen LogP) is 6.33. The molecule has 0 radical (unpaired) electrons. The molecule has 4 heteroatoms. The zero-order chi connectivity index (χ0) is 22.2. The zero-order valence-corrected chi connectivity index (χ0v) is 17.9. The number of aromatic nitrogens is 3. The van der Waals surface area contributed by atoms with E-state index in [1.165, 1.54) is 11.1 Å². The molecule has 4 aromatic carbocycles. The molecule has 0 aliphatic rings. The van der Waals surface area contributed by atoms with Crippen LogP contribution in [0.3, 0.4) is 0 Å². The van der Waals surface area contributed by atoms with Gasteiger partial charge in [-0.1, -0.05) is 84.9 Å². The smallest absolute Gasteiger partial charge is 0.259 e. The summed E-state index contributed by atoms with van der Waals surface area (Å²) in [6, 6.07) is 34.5. The Morgan fingerprint density at radius 1 is 0.667 bits per heavy atom. The average Bonchev–Trinajstić information content (AvgIpc) is 3.23. The molecule has 0 saturated heterocycles. The van der Waals surface area contributed by atoms with E-state index >= 15 is 0 Å². The molecule has 0 aliphatic heterocycles. The summed E-state index contributed by atoms with van der Waals surface area (Å²) < 4.78 is 0. The summed E-state index contributed by atoms with van der Waals surface area (Å²) >= 11 is 0. The quantitative estimate of drug-likeness (QED) is 0.345. The molecule has 2 N–H and O–H groups in total. The van der Waals surface area contributed by atoms with Crippen LogP contribution in [0.4, 0.5) is 0 Å². The van der Waals surface area contributed by atoms with E-state index in [0.717, 1.165) is 34.1 Å². The van der Waals surface area contributed by atoms with Crippen molar-refractivity contribution in [2.75, 3.05) is 0 Å². The first-order valence-electron chi connectivity index (χ1n) is 11.0. The minimum Gasteiger partial charge on any atom is -0.357 e. The van der Waals surface area contributed by atoms with Crippen LogP contribution in [0.1, 0.15) is 11.3 Å². The van der Waals surface area contributed by atoms with Crippen molar-refractivity contribution in [3.63, 3.8) is 0 Å². The molecule has 0 fully saturated rings. The van der Waals surface area contributed by atoms with Gasteiger partial charge in [0.05, 0.1) is 16.4 Å². The Morgan fingerprint density at radius 2 is 1.36 bits per heavy atom. The third-order valence-electron chi connectivity index (χ3n) is 6.07. The van der Waals surface area contributed by atoms with Crippen LogP contribution in [-0.4, -0.2) is 15.0 Å². The molecule has 6 aromatic rings. The molecule has 6 rings (SSSR count). The molecule has 0 spiro atoms. The number of benzene rings is 4. The summed E-state index contributed by atoms with van der Waals surface area (Å²) in [5.74, 6) is 0.566. The average molecular weight is 428 g/mol. The maximum absolute atomic E-state index is 12.7. The first kappa shape index (κ1) is 19.3. The highest BCUT2D eigenvalue weighted by atomic mass is 16.1. The van der Waals surface area contributed by atoms with Crippen LogP contribution in [0.25, 0.3) is 44.3 Å². The van der Waals surface area contributed by atoms with Gasteiger partial charge < -0.3 is 9.97 Å². The number of rotatable bonds is 4. The molecule has 0 aliphatic carbocycles. The van der Waals surface area contributed by atoms with Crippen LogP contribution in [0.5, 0.6) is 0 Å². The molecule has 0 atom stereocenters. The fourth-order valence-electron chi connectivity index (χ4n) is 4.55. The molecular weight excluding hydrogens is 406 g/mol. The van der Waals surface area contributed by atoms with Gasteiger partial charge in [-0.15, -0.1) is 0 Å². The Labute approximate surface area is 190 Å². The molecule has 4 nitrogen and oxygen atoms in total. The molecule has 0 saturated carbocycles. The molecule has 158 valence electrons. The first-order valence-corrected chi connectivity index (χ1v) is 11.0. The molecule has 0 bridgehead atoms. The van der Waals surface area contributed by atoms with Gasteiger partial charge in [0.1, 0.15) is 5.82 Å².